The number of halogens is 6. The number of fused-ring (bicyclic) bond motifs is 2. The molecule has 0 spiro atoms. The lowest BCUT2D eigenvalue weighted by Crippen LogP contribution is -2.42. The predicted molar refractivity (Wildman–Crippen MR) is 158 cm³/mol. The van der Waals surface area contributed by atoms with Crippen molar-refractivity contribution in [2.24, 2.45) is 5.16 Å². The van der Waals surface area contributed by atoms with Crippen molar-refractivity contribution in [2.75, 3.05) is 0 Å². The highest BCUT2D eigenvalue weighted by molar-refractivity contribution is 6.62. The number of hydrogen-bond donors (Lipinski definition) is 2. The predicted octanol–water partition coefficient (Wildman–Crippen LogP) is 6.36. The van der Waals surface area contributed by atoms with E-state index >= 15 is 0 Å². The summed E-state index contributed by atoms with van der Waals surface area (Å²) in [6.45, 7) is 3.91. The van der Waals surface area contributed by atoms with Gasteiger partial charge in [-0.3, -0.25) is 4.79 Å². The maximum absolute atomic E-state index is 14.5. The molecular weight excluding hydrogens is 629 g/mol. The Balaban J connectivity index is 1.26. The molecule has 7 nitrogen and oxygen atoms in total. The molecule has 0 saturated carbocycles. The van der Waals surface area contributed by atoms with E-state index in [1.807, 2.05) is 19.9 Å². The Labute approximate surface area is 259 Å². The first-order valence-corrected chi connectivity index (χ1v) is 14.2. The molecule has 0 aliphatic carbocycles. The zero-order valence-electron chi connectivity index (χ0n) is 22.6. The lowest BCUT2D eigenvalue weighted by Gasteiger charge is -2.30. The fraction of sp³-hybridized carbons (Fsp3) is 0.241. The van der Waals surface area contributed by atoms with Crippen LogP contribution in [0.3, 0.4) is 0 Å². The summed E-state index contributed by atoms with van der Waals surface area (Å²) in [6.07, 6.45) is -3.91. The molecule has 1 unspecified atom stereocenters. The Kier molecular flexibility index (Phi) is 7.25. The third-order valence-electron chi connectivity index (χ3n) is 7.76. The molecule has 2 aliphatic rings. The van der Waals surface area contributed by atoms with E-state index in [1.165, 1.54) is 12.1 Å². The van der Waals surface area contributed by atoms with Gasteiger partial charge >= 0.3 is 13.3 Å². The summed E-state index contributed by atoms with van der Waals surface area (Å²) in [5.74, 6) is -0.400. The van der Waals surface area contributed by atoms with E-state index in [2.05, 4.69) is 10.5 Å². The largest absolute Gasteiger partial charge is 0.492 e. The van der Waals surface area contributed by atoms with Crippen molar-refractivity contribution in [2.45, 2.75) is 44.2 Å². The van der Waals surface area contributed by atoms with Crippen LogP contribution in [0.1, 0.15) is 53.0 Å². The van der Waals surface area contributed by atoms with Gasteiger partial charge in [-0.15, -0.1) is 0 Å². The number of carbonyl (C=O) groups is 1. The number of hydrogen-bond acceptors (Lipinski definition) is 5. The fourth-order valence-corrected chi connectivity index (χ4v) is 6.13. The maximum Gasteiger partial charge on any atom is 0.492 e. The molecule has 6 rings (SSSR count). The van der Waals surface area contributed by atoms with Crippen LogP contribution in [-0.2, 0) is 27.2 Å². The SMILES string of the molecule is CC1(C)OB(O)c2ccc(CNC(=O)c3ccc(C4=NOC(c5cc(Cl)c(Cl)c(Cl)c5)(C(F)(F)F)C4)c4cccn34)cc21. The average Bonchev–Trinajstić information content (AvgIpc) is 3.66. The van der Waals surface area contributed by atoms with E-state index in [9.17, 15) is 23.0 Å². The van der Waals surface area contributed by atoms with Crippen molar-refractivity contribution in [3.63, 3.8) is 0 Å². The second-order valence-corrected chi connectivity index (χ2v) is 12.1. The summed E-state index contributed by atoms with van der Waals surface area (Å²) in [6, 6.07) is 14.0. The second kappa shape index (κ2) is 10.5. The molecule has 2 aromatic carbocycles. The Morgan fingerprint density at radius 3 is 2.53 bits per heavy atom. The minimum atomic E-state index is -4.88. The summed E-state index contributed by atoms with van der Waals surface area (Å²) >= 11 is 18.1. The molecule has 43 heavy (non-hydrogen) atoms. The van der Waals surface area contributed by atoms with E-state index in [4.69, 9.17) is 44.3 Å². The number of benzene rings is 2. The van der Waals surface area contributed by atoms with Crippen LogP contribution in [-0.4, -0.2) is 34.3 Å². The normalized spacial score (nSPS) is 19.4. The first kappa shape index (κ1) is 29.8. The molecule has 0 saturated heterocycles. The number of oxime groups is 1. The lowest BCUT2D eigenvalue weighted by molar-refractivity contribution is -0.275. The molecule has 0 bridgehead atoms. The first-order valence-electron chi connectivity index (χ1n) is 13.1. The van der Waals surface area contributed by atoms with E-state index in [0.29, 0.717) is 16.5 Å². The van der Waals surface area contributed by atoms with Gasteiger partial charge in [-0.2, -0.15) is 13.2 Å². The number of rotatable bonds is 5. The number of nitrogens with one attached hydrogen (secondary N) is 1. The molecule has 4 heterocycles. The molecule has 2 aromatic heterocycles. The van der Waals surface area contributed by atoms with Gasteiger partial charge < -0.3 is 24.2 Å². The quantitative estimate of drug-likeness (QED) is 0.195. The maximum atomic E-state index is 14.5. The van der Waals surface area contributed by atoms with Gasteiger partial charge in [0.15, 0.2) is 0 Å². The minimum absolute atomic E-state index is 0.0281. The standard InChI is InChI=1S/C29H22BCl3F3N3O4/c1-27(2)18-10-15(5-7-19(18)30(41)42-27)14-37-26(40)24-8-6-17(23-4-3-9-39(23)24)22-13-28(43-38-22,29(34,35)36)16-11-20(31)25(33)21(32)12-16/h3-12,41H,13-14H2,1-2H3,(H,37,40). The minimum Gasteiger partial charge on any atom is -0.423 e. The summed E-state index contributed by atoms with van der Waals surface area (Å²) < 4.78 is 50.8. The van der Waals surface area contributed by atoms with E-state index in [-0.39, 0.29) is 38.6 Å². The van der Waals surface area contributed by atoms with Crippen molar-refractivity contribution >= 4 is 64.5 Å². The van der Waals surface area contributed by atoms with Crippen LogP contribution in [0.15, 0.2) is 65.9 Å². The van der Waals surface area contributed by atoms with E-state index < -0.39 is 36.8 Å². The van der Waals surface area contributed by atoms with Crippen LogP contribution in [0.5, 0.6) is 0 Å². The molecule has 0 radical (unpaired) electrons. The highest BCUT2D eigenvalue weighted by Crippen LogP contribution is 2.51. The van der Waals surface area contributed by atoms with Crippen molar-refractivity contribution in [3.8, 4) is 0 Å². The average molecular weight is 651 g/mol. The monoisotopic (exact) mass is 649 g/mol. The van der Waals surface area contributed by atoms with E-state index in [1.54, 1.807) is 34.9 Å². The van der Waals surface area contributed by atoms with Crippen molar-refractivity contribution in [1.29, 1.82) is 0 Å². The number of pyridine rings is 1. The number of alkyl halides is 3. The molecule has 2 N–H and O–H groups in total. The molecule has 1 amide bonds. The van der Waals surface area contributed by atoms with Crippen LogP contribution >= 0.6 is 34.8 Å². The Bertz CT molecular complexity index is 1800. The van der Waals surface area contributed by atoms with Gasteiger partial charge in [-0.1, -0.05) is 58.2 Å². The Hall–Kier alpha value is -3.22. The fourth-order valence-electron chi connectivity index (χ4n) is 5.53. The van der Waals surface area contributed by atoms with Gasteiger partial charge in [0.05, 0.1) is 38.3 Å². The zero-order valence-corrected chi connectivity index (χ0v) is 24.9. The number of amides is 1. The zero-order chi connectivity index (χ0) is 30.9. The summed E-state index contributed by atoms with van der Waals surface area (Å²) in [7, 11) is -1.01. The number of aromatic nitrogens is 1. The van der Waals surface area contributed by atoms with Crippen LogP contribution < -0.4 is 10.8 Å². The van der Waals surface area contributed by atoms with Gasteiger partial charge in [-0.25, -0.2) is 0 Å². The van der Waals surface area contributed by atoms with Gasteiger partial charge in [0, 0.05) is 23.9 Å². The smallest absolute Gasteiger partial charge is 0.423 e. The summed E-state index contributed by atoms with van der Waals surface area (Å²) in [5, 5.41) is 16.5. The van der Waals surface area contributed by atoms with Crippen molar-refractivity contribution in [3.05, 3.63) is 104 Å². The van der Waals surface area contributed by atoms with Gasteiger partial charge in [0.2, 0.25) is 0 Å². The highest BCUT2D eigenvalue weighted by Gasteiger charge is 2.62. The Morgan fingerprint density at radius 2 is 1.84 bits per heavy atom. The van der Waals surface area contributed by atoms with E-state index in [0.717, 1.165) is 23.3 Å². The molecular formula is C29H22BCl3F3N3O4. The molecule has 14 heteroatoms. The van der Waals surface area contributed by atoms with Crippen molar-refractivity contribution < 1.29 is 32.5 Å². The van der Waals surface area contributed by atoms with Crippen LogP contribution in [0.25, 0.3) is 5.52 Å². The second-order valence-electron chi connectivity index (χ2n) is 10.9. The number of carbonyl (C=O) groups excluding carboxylic acids is 1. The molecule has 4 aromatic rings. The van der Waals surface area contributed by atoms with Gasteiger partial charge in [0.1, 0.15) is 5.69 Å². The molecule has 0 fully saturated rings. The van der Waals surface area contributed by atoms with Crippen LogP contribution in [0.4, 0.5) is 13.2 Å². The van der Waals surface area contributed by atoms with Crippen LogP contribution in [0.2, 0.25) is 15.1 Å². The highest BCUT2D eigenvalue weighted by atomic mass is 35.5. The molecule has 2 aliphatic heterocycles. The Morgan fingerprint density at radius 1 is 1.12 bits per heavy atom. The topological polar surface area (TPSA) is 84.6 Å². The third-order valence-corrected chi connectivity index (χ3v) is 8.96. The van der Waals surface area contributed by atoms with Gasteiger partial charge in [0.25, 0.3) is 11.5 Å². The molecule has 1 atom stereocenters. The third kappa shape index (κ3) is 4.97. The van der Waals surface area contributed by atoms with Crippen LogP contribution in [0, 0.1) is 0 Å². The summed E-state index contributed by atoms with van der Waals surface area (Å²) in [5.41, 5.74) is -0.415. The first-order chi connectivity index (χ1) is 20.2. The number of nitrogens with zero attached hydrogens (tertiary/aromatic N) is 2. The lowest BCUT2D eigenvalue weighted by atomic mass is 9.78. The van der Waals surface area contributed by atoms with Crippen molar-refractivity contribution in [1.82, 2.24) is 9.72 Å². The van der Waals surface area contributed by atoms with Gasteiger partial charge in [-0.05, 0) is 66.8 Å². The summed E-state index contributed by atoms with van der Waals surface area (Å²) in [4.78, 5) is 18.4. The molecule has 222 valence electrons.